The molecule has 0 aliphatic rings. The van der Waals surface area contributed by atoms with Crippen molar-refractivity contribution in [2.24, 2.45) is 0 Å². The maximum absolute atomic E-state index is 10.2. The Kier molecular flexibility index (Phi) is 26.9. The van der Waals surface area contributed by atoms with Crippen molar-refractivity contribution in [3.8, 4) is 12.1 Å². The number of aryl methyl sites for hydroxylation is 1. The van der Waals surface area contributed by atoms with Gasteiger partial charge < -0.3 is 33.9 Å². The number of aromatic nitrogens is 4. The van der Waals surface area contributed by atoms with Crippen LogP contribution in [0, 0.1) is 22.7 Å². The quantitative estimate of drug-likeness (QED) is 0.0467. The average Bonchev–Trinajstić information content (AvgIpc) is 3.64. The van der Waals surface area contributed by atoms with Crippen molar-refractivity contribution in [1.29, 1.82) is 10.5 Å². The van der Waals surface area contributed by atoms with Crippen molar-refractivity contribution in [3.63, 3.8) is 0 Å². The fourth-order valence-electron chi connectivity index (χ4n) is 5.97. The molecule has 3 heterocycles. The van der Waals surface area contributed by atoms with Crippen LogP contribution in [0.4, 0.5) is 5.82 Å². The second-order valence-electron chi connectivity index (χ2n) is 13.8. The molecule has 3 rings (SSSR count). The maximum Gasteiger partial charge on any atom is 0.329 e. The molecule has 3 N–H and O–H groups in total. The number of pyridine rings is 1. The summed E-state index contributed by atoms with van der Waals surface area (Å²) in [5.74, 6) is 0.390. The van der Waals surface area contributed by atoms with Crippen LogP contribution in [0.25, 0.3) is 5.52 Å². The molecule has 0 saturated heterocycles. The van der Waals surface area contributed by atoms with Gasteiger partial charge in [-0.25, -0.2) is 9.50 Å². The lowest BCUT2D eigenvalue weighted by molar-refractivity contribution is -0.0110. The van der Waals surface area contributed by atoms with Crippen LogP contribution in [0.5, 0.6) is 0 Å². The summed E-state index contributed by atoms with van der Waals surface area (Å²) < 4.78 is 28.6. The van der Waals surface area contributed by atoms with E-state index in [1.165, 1.54) is 116 Å². The Bertz CT molecular complexity index is 1480. The average molecular weight is 784 g/mol. The van der Waals surface area contributed by atoms with Crippen molar-refractivity contribution in [2.75, 3.05) is 46.4 Å². The first-order valence-electron chi connectivity index (χ1n) is 20.1. The zero-order valence-corrected chi connectivity index (χ0v) is 34.5. The number of methoxy groups -OCH3 is 2. The first-order chi connectivity index (χ1) is 26.9. The van der Waals surface area contributed by atoms with Gasteiger partial charge in [0.25, 0.3) is 0 Å². The van der Waals surface area contributed by atoms with E-state index in [1.807, 2.05) is 18.2 Å². The van der Waals surface area contributed by atoms with E-state index in [-0.39, 0.29) is 6.61 Å². The molecule has 0 saturated carbocycles. The summed E-state index contributed by atoms with van der Waals surface area (Å²) in [7, 11) is 0.949. The standard InChI is InChI=1S/C33H58N5O5P.C8H8N2O/c1-3-4-5-6-7-8-9-10-11-12-13-14-15-16-17-18-24-41-25-19-26-42-44(39)43-28-33(27-34,40-2)23-22-30-20-21-31-32(35)36-29-37-38(30)31;1-11-6-8-3-2-7(4-9)5-10-8/h20-21,29,39H,3-19,22-26,28H2,1-2H3,(H2,35,36,37);2-3,5H,6H2,1H3. The van der Waals surface area contributed by atoms with Gasteiger partial charge in [0.05, 0.1) is 31.1 Å². The highest BCUT2D eigenvalue weighted by Gasteiger charge is 2.32. The van der Waals surface area contributed by atoms with E-state index < -0.39 is 14.2 Å². The van der Waals surface area contributed by atoms with E-state index in [2.05, 4.69) is 28.1 Å². The van der Waals surface area contributed by atoms with Crippen molar-refractivity contribution in [2.45, 2.75) is 141 Å². The fraction of sp³-hybridized carbons (Fsp3) is 0.683. The van der Waals surface area contributed by atoms with Gasteiger partial charge in [-0.15, -0.1) is 0 Å². The third kappa shape index (κ3) is 21.0. The van der Waals surface area contributed by atoms with Gasteiger partial charge in [0.1, 0.15) is 24.0 Å². The number of nitrogens with two attached hydrogens (primary N) is 1. The lowest BCUT2D eigenvalue weighted by Crippen LogP contribution is -2.35. The molecule has 14 heteroatoms. The molecule has 2 unspecified atom stereocenters. The van der Waals surface area contributed by atoms with Gasteiger partial charge in [-0.1, -0.05) is 103 Å². The van der Waals surface area contributed by atoms with E-state index in [4.69, 9.17) is 34.3 Å². The second kappa shape index (κ2) is 30.9. The molecule has 0 radical (unpaired) electrons. The van der Waals surface area contributed by atoms with Crippen LogP contribution in [0.3, 0.4) is 0 Å². The van der Waals surface area contributed by atoms with E-state index in [9.17, 15) is 10.2 Å². The predicted octanol–water partition coefficient (Wildman–Crippen LogP) is 9.17. The number of hydrogen-bond donors (Lipinski definition) is 2. The minimum Gasteiger partial charge on any atom is -0.382 e. The molecule has 0 aromatic carbocycles. The van der Waals surface area contributed by atoms with Crippen LogP contribution in [0.1, 0.15) is 139 Å². The summed E-state index contributed by atoms with van der Waals surface area (Å²) in [5.41, 5.74) is 7.66. The number of rotatable bonds is 31. The van der Waals surface area contributed by atoms with E-state index in [0.29, 0.717) is 56.0 Å². The molecular formula is C41H66N7O6P. The molecule has 3 aromatic rings. The van der Waals surface area contributed by atoms with E-state index >= 15 is 0 Å². The SMILES string of the molecule is CCCCCCCCCCCCCCCCCCOCCCOP(O)OCC(C#N)(CCc1ccc2c(N)ncnn12)OC.COCc1ccc(C#N)cn1. The van der Waals surface area contributed by atoms with Gasteiger partial charge in [-0.3, -0.25) is 4.98 Å². The third-order valence-corrected chi connectivity index (χ3v) is 10.1. The van der Waals surface area contributed by atoms with Crippen molar-refractivity contribution < 1.29 is 28.2 Å². The Morgan fingerprint density at radius 3 is 2.00 bits per heavy atom. The minimum absolute atomic E-state index is 0.113. The van der Waals surface area contributed by atoms with Crippen LogP contribution >= 0.6 is 8.60 Å². The second-order valence-corrected chi connectivity index (χ2v) is 14.8. The van der Waals surface area contributed by atoms with Gasteiger partial charge in [0, 0.05) is 39.3 Å². The Hall–Kier alpha value is -3.26. The summed E-state index contributed by atoms with van der Waals surface area (Å²) in [5, 5.41) is 22.5. The zero-order chi connectivity index (χ0) is 39.8. The minimum atomic E-state index is -2.12. The van der Waals surface area contributed by atoms with Gasteiger partial charge in [0.15, 0.2) is 11.4 Å². The number of hydrogen-bond acceptors (Lipinski definition) is 12. The number of unbranched alkanes of at least 4 members (excludes halogenated alkanes) is 15. The maximum atomic E-state index is 10.2. The summed E-state index contributed by atoms with van der Waals surface area (Å²) in [6.45, 7) is 4.33. The molecule has 3 aromatic heterocycles. The molecule has 0 fully saturated rings. The molecule has 55 heavy (non-hydrogen) atoms. The first-order valence-corrected chi connectivity index (χ1v) is 21.2. The van der Waals surface area contributed by atoms with Gasteiger partial charge >= 0.3 is 8.60 Å². The first kappa shape index (κ1) is 47.9. The Morgan fingerprint density at radius 2 is 1.44 bits per heavy atom. The number of fused-ring (bicyclic) bond motifs is 1. The van der Waals surface area contributed by atoms with Crippen LogP contribution in [-0.4, -0.2) is 70.7 Å². The monoisotopic (exact) mass is 783 g/mol. The van der Waals surface area contributed by atoms with Gasteiger partial charge in [0.2, 0.25) is 0 Å². The smallest absolute Gasteiger partial charge is 0.329 e. The van der Waals surface area contributed by atoms with Crippen molar-refractivity contribution in [3.05, 3.63) is 53.7 Å². The third-order valence-electron chi connectivity index (χ3n) is 9.37. The summed E-state index contributed by atoms with van der Waals surface area (Å²) in [6.07, 6.45) is 26.2. The largest absolute Gasteiger partial charge is 0.382 e. The molecule has 13 nitrogen and oxygen atoms in total. The molecule has 0 aliphatic heterocycles. The van der Waals surface area contributed by atoms with Crippen molar-refractivity contribution >= 4 is 19.9 Å². The number of nitrogen functional groups attached to an aromatic ring is 1. The molecule has 306 valence electrons. The summed E-state index contributed by atoms with van der Waals surface area (Å²) in [4.78, 5) is 18.1. The fourth-order valence-corrected chi connectivity index (χ4v) is 6.65. The topological polar surface area (TPSA) is 183 Å². The van der Waals surface area contributed by atoms with E-state index in [1.54, 1.807) is 23.8 Å². The number of anilines is 1. The summed E-state index contributed by atoms with van der Waals surface area (Å²) in [6, 6.07) is 11.4. The van der Waals surface area contributed by atoms with Gasteiger partial charge in [-0.2, -0.15) is 15.6 Å². The molecular weight excluding hydrogens is 717 g/mol. The molecule has 0 bridgehead atoms. The highest BCUT2D eigenvalue weighted by Crippen LogP contribution is 2.35. The van der Waals surface area contributed by atoms with E-state index in [0.717, 1.165) is 24.4 Å². The highest BCUT2D eigenvalue weighted by molar-refractivity contribution is 7.40. The number of ether oxygens (including phenoxy) is 3. The van der Waals surface area contributed by atoms with Crippen LogP contribution in [-0.2, 0) is 36.3 Å². The van der Waals surface area contributed by atoms with Gasteiger partial charge in [-0.05, 0) is 49.9 Å². The zero-order valence-electron chi connectivity index (χ0n) is 33.6. The predicted molar refractivity (Wildman–Crippen MR) is 217 cm³/mol. The normalized spacial score (nSPS) is 12.8. The Balaban J connectivity index is 0.000000810. The van der Waals surface area contributed by atoms with Crippen LogP contribution in [0.2, 0.25) is 0 Å². The highest BCUT2D eigenvalue weighted by atomic mass is 31.2. The molecule has 2 atom stereocenters. The summed E-state index contributed by atoms with van der Waals surface area (Å²) >= 11 is 0. The number of nitrogens with zero attached hydrogens (tertiary/aromatic N) is 6. The van der Waals surface area contributed by atoms with Crippen LogP contribution < -0.4 is 5.73 Å². The molecule has 0 aliphatic carbocycles. The Labute approximate surface area is 330 Å². The lowest BCUT2D eigenvalue weighted by atomic mass is 9.99. The molecule has 0 spiro atoms. The number of nitriles is 2. The Morgan fingerprint density at radius 1 is 0.800 bits per heavy atom. The lowest BCUT2D eigenvalue weighted by Gasteiger charge is -2.25. The van der Waals surface area contributed by atoms with Crippen molar-refractivity contribution in [1.82, 2.24) is 19.6 Å². The van der Waals surface area contributed by atoms with Crippen LogP contribution in [0.15, 0.2) is 36.8 Å². The molecule has 0 amide bonds.